The van der Waals surface area contributed by atoms with E-state index < -0.39 is 17.4 Å². The average Bonchev–Trinajstić information content (AvgIpc) is 3.49. The van der Waals surface area contributed by atoms with Crippen LogP contribution in [0.5, 0.6) is 17.2 Å². The molecule has 12 heteroatoms. The van der Waals surface area contributed by atoms with E-state index in [-0.39, 0.29) is 5.56 Å². The van der Waals surface area contributed by atoms with Crippen LogP contribution in [-0.4, -0.2) is 44.7 Å². The number of aromatic nitrogens is 4. The molecule has 4 aromatic rings. The minimum Gasteiger partial charge on any atom is -0.493 e. The SMILES string of the molecule is CCCc1nn(C)c2c(=O)n(C(CCC)Oc3ccc(/C=C4/SC(=O)NC4=O)cc3)c(-c3ccc(OC)c(OC)c3)nc12. The fourth-order valence-corrected chi connectivity index (χ4v) is 5.69. The molecule has 43 heavy (non-hydrogen) atoms. The molecule has 1 N–H and O–H groups in total. The highest BCUT2D eigenvalue weighted by molar-refractivity contribution is 8.18. The van der Waals surface area contributed by atoms with Crippen molar-refractivity contribution < 1.29 is 23.8 Å². The van der Waals surface area contributed by atoms with Crippen LogP contribution in [0.2, 0.25) is 0 Å². The van der Waals surface area contributed by atoms with Gasteiger partial charge in [0.15, 0.2) is 23.2 Å². The molecular formula is C31H33N5O6S. The van der Waals surface area contributed by atoms with E-state index in [1.54, 1.807) is 73.0 Å². The smallest absolute Gasteiger partial charge is 0.290 e. The Balaban J connectivity index is 1.62. The second-order valence-corrected chi connectivity index (χ2v) is 11.0. The molecular weight excluding hydrogens is 570 g/mol. The van der Waals surface area contributed by atoms with Gasteiger partial charge in [-0.2, -0.15) is 5.10 Å². The second-order valence-electron chi connectivity index (χ2n) is 9.98. The summed E-state index contributed by atoms with van der Waals surface area (Å²) in [4.78, 5) is 43.1. The second kappa shape index (κ2) is 12.7. The summed E-state index contributed by atoms with van der Waals surface area (Å²) in [6.07, 6.45) is 3.75. The monoisotopic (exact) mass is 603 g/mol. The lowest BCUT2D eigenvalue weighted by Gasteiger charge is -2.24. The quantitative estimate of drug-likeness (QED) is 0.222. The average molecular weight is 604 g/mol. The third kappa shape index (κ3) is 6.00. The Kier molecular flexibility index (Phi) is 8.86. The van der Waals surface area contributed by atoms with Crippen LogP contribution >= 0.6 is 11.8 Å². The van der Waals surface area contributed by atoms with Crippen LogP contribution in [-0.2, 0) is 18.3 Å². The summed E-state index contributed by atoms with van der Waals surface area (Å²) >= 11 is 0.861. The molecule has 2 aromatic carbocycles. The highest BCUT2D eigenvalue weighted by Gasteiger charge is 2.27. The van der Waals surface area contributed by atoms with Gasteiger partial charge < -0.3 is 14.2 Å². The predicted octanol–water partition coefficient (Wildman–Crippen LogP) is 5.47. The highest BCUT2D eigenvalue weighted by Crippen LogP contribution is 2.34. The summed E-state index contributed by atoms with van der Waals surface area (Å²) in [5.74, 6) is 1.61. The van der Waals surface area contributed by atoms with Gasteiger partial charge in [0.25, 0.3) is 16.7 Å². The Bertz CT molecular complexity index is 1780. The van der Waals surface area contributed by atoms with Gasteiger partial charge >= 0.3 is 0 Å². The molecule has 5 rings (SSSR count). The highest BCUT2D eigenvalue weighted by atomic mass is 32.2. The number of methoxy groups -OCH3 is 2. The maximum atomic E-state index is 14.3. The molecule has 0 saturated carbocycles. The Morgan fingerprint density at radius 1 is 1.00 bits per heavy atom. The van der Waals surface area contributed by atoms with Gasteiger partial charge in [-0.25, -0.2) is 4.98 Å². The van der Waals surface area contributed by atoms with Crippen LogP contribution in [0.4, 0.5) is 4.79 Å². The number of hydrogen-bond donors (Lipinski definition) is 1. The predicted molar refractivity (Wildman–Crippen MR) is 165 cm³/mol. The van der Waals surface area contributed by atoms with Crippen LogP contribution in [0.3, 0.4) is 0 Å². The number of thioether (sulfide) groups is 1. The van der Waals surface area contributed by atoms with Crippen LogP contribution in [0.15, 0.2) is 52.2 Å². The fourth-order valence-electron chi connectivity index (χ4n) is 5.01. The number of carbonyl (C=O) groups is 2. The van der Waals surface area contributed by atoms with Crippen molar-refractivity contribution in [1.29, 1.82) is 0 Å². The first-order chi connectivity index (χ1) is 20.8. The van der Waals surface area contributed by atoms with Crippen molar-refractivity contribution >= 4 is 40.0 Å². The summed E-state index contributed by atoms with van der Waals surface area (Å²) in [6, 6.07) is 12.5. The fraction of sp³-hybridized carbons (Fsp3) is 0.323. The maximum Gasteiger partial charge on any atom is 0.290 e. The third-order valence-electron chi connectivity index (χ3n) is 7.00. The van der Waals surface area contributed by atoms with Crippen molar-refractivity contribution in [3.05, 3.63) is 69.0 Å². The summed E-state index contributed by atoms with van der Waals surface area (Å²) < 4.78 is 20.7. The molecule has 1 fully saturated rings. The number of aryl methyl sites for hydroxylation is 2. The summed E-state index contributed by atoms with van der Waals surface area (Å²) in [5.41, 5.74) is 2.87. The van der Waals surface area contributed by atoms with E-state index >= 15 is 0 Å². The number of ether oxygens (including phenoxy) is 3. The van der Waals surface area contributed by atoms with Crippen molar-refractivity contribution in [2.45, 2.75) is 45.8 Å². The topological polar surface area (TPSA) is 127 Å². The van der Waals surface area contributed by atoms with E-state index in [1.165, 1.54) is 0 Å². The van der Waals surface area contributed by atoms with Gasteiger partial charge in [-0.1, -0.05) is 38.8 Å². The maximum absolute atomic E-state index is 14.3. The van der Waals surface area contributed by atoms with Crippen LogP contribution in [0.1, 0.15) is 50.6 Å². The van der Waals surface area contributed by atoms with E-state index in [4.69, 9.17) is 19.2 Å². The Hall–Kier alpha value is -4.58. The third-order valence-corrected chi connectivity index (χ3v) is 7.81. The molecule has 0 radical (unpaired) electrons. The molecule has 1 atom stereocenters. The minimum atomic E-state index is -0.694. The van der Waals surface area contributed by atoms with Crippen LogP contribution in [0.25, 0.3) is 28.5 Å². The molecule has 1 unspecified atom stereocenters. The molecule has 0 spiro atoms. The normalized spacial score (nSPS) is 14.8. The lowest BCUT2D eigenvalue weighted by molar-refractivity contribution is -0.115. The van der Waals surface area contributed by atoms with E-state index in [0.29, 0.717) is 57.4 Å². The molecule has 11 nitrogen and oxygen atoms in total. The van der Waals surface area contributed by atoms with Crippen molar-refractivity contribution in [2.24, 2.45) is 7.05 Å². The largest absolute Gasteiger partial charge is 0.493 e. The van der Waals surface area contributed by atoms with Gasteiger partial charge in [0.1, 0.15) is 17.1 Å². The number of nitrogens with one attached hydrogen (secondary N) is 1. The van der Waals surface area contributed by atoms with Crippen LogP contribution in [0, 0.1) is 0 Å². The van der Waals surface area contributed by atoms with E-state index in [1.807, 2.05) is 13.0 Å². The number of nitrogens with zero attached hydrogens (tertiary/aromatic N) is 4. The molecule has 2 aromatic heterocycles. The first-order valence-electron chi connectivity index (χ1n) is 14.0. The molecule has 0 bridgehead atoms. The van der Waals surface area contributed by atoms with E-state index in [0.717, 1.165) is 35.9 Å². The van der Waals surface area contributed by atoms with E-state index in [2.05, 4.69) is 17.3 Å². The zero-order valence-electron chi connectivity index (χ0n) is 24.7. The van der Waals surface area contributed by atoms with Crippen LogP contribution < -0.4 is 25.1 Å². The summed E-state index contributed by atoms with van der Waals surface area (Å²) in [7, 11) is 4.88. The molecule has 1 aliphatic rings. The van der Waals surface area contributed by atoms with Gasteiger partial charge in [0.05, 0.1) is 24.8 Å². The van der Waals surface area contributed by atoms with Crippen molar-refractivity contribution in [1.82, 2.24) is 24.6 Å². The van der Waals surface area contributed by atoms with Crippen molar-refractivity contribution in [3.63, 3.8) is 0 Å². The lowest BCUT2D eigenvalue weighted by Crippen LogP contribution is -2.31. The van der Waals surface area contributed by atoms with Gasteiger partial charge in [0.2, 0.25) is 0 Å². The van der Waals surface area contributed by atoms with Gasteiger partial charge in [-0.05, 0) is 60.2 Å². The van der Waals surface area contributed by atoms with Gasteiger partial charge in [0, 0.05) is 19.0 Å². The van der Waals surface area contributed by atoms with E-state index in [9.17, 15) is 14.4 Å². The number of fused-ring (bicyclic) bond motifs is 1. The Morgan fingerprint density at radius 2 is 1.74 bits per heavy atom. The molecule has 0 aliphatic carbocycles. The summed E-state index contributed by atoms with van der Waals surface area (Å²) in [6.45, 7) is 4.08. The number of imide groups is 1. The lowest BCUT2D eigenvalue weighted by atomic mass is 10.1. The van der Waals surface area contributed by atoms with Crippen molar-refractivity contribution in [3.8, 4) is 28.6 Å². The molecule has 3 heterocycles. The number of carbonyl (C=O) groups excluding carboxylic acids is 2. The first kappa shape index (κ1) is 29.9. The summed E-state index contributed by atoms with van der Waals surface area (Å²) in [5, 5.41) is 6.49. The Morgan fingerprint density at radius 3 is 2.37 bits per heavy atom. The molecule has 1 saturated heterocycles. The Labute approximate surface area is 252 Å². The number of hydrogen-bond acceptors (Lipinski definition) is 9. The molecule has 2 amide bonds. The zero-order chi connectivity index (χ0) is 30.7. The number of rotatable bonds is 11. The number of amides is 2. The number of benzene rings is 2. The molecule has 1 aliphatic heterocycles. The van der Waals surface area contributed by atoms with Gasteiger partial charge in [-0.3, -0.25) is 28.9 Å². The van der Waals surface area contributed by atoms with Crippen molar-refractivity contribution in [2.75, 3.05) is 14.2 Å². The zero-order valence-corrected chi connectivity index (χ0v) is 25.5. The van der Waals surface area contributed by atoms with Gasteiger partial charge in [-0.15, -0.1) is 0 Å². The minimum absolute atomic E-state index is 0.263. The first-order valence-corrected chi connectivity index (χ1v) is 14.8. The molecule has 224 valence electrons. The standard InChI is InChI=1S/C31H33N5O6S/c1-6-8-21-26-27(35(3)34-21)30(38)36(28(32-26)19-12-15-22(40-4)23(17-19)41-5)25(9-7-2)42-20-13-10-18(11-14-20)16-24-29(37)33-31(39)43-24/h10-17,25H,6-9H2,1-5H3,(H,33,37,39)/b24-16+.